The predicted molar refractivity (Wildman–Crippen MR) is 114 cm³/mol. The maximum absolute atomic E-state index is 12.7. The van der Waals surface area contributed by atoms with Crippen molar-refractivity contribution in [3.8, 4) is 5.75 Å². The van der Waals surface area contributed by atoms with E-state index in [4.69, 9.17) is 0 Å². The number of guanidine groups is 1. The summed E-state index contributed by atoms with van der Waals surface area (Å²) in [5, 5.41) is 18.5. The maximum Gasteiger partial charge on any atom is 0.251 e. The summed E-state index contributed by atoms with van der Waals surface area (Å²) < 4.78 is 0. The van der Waals surface area contributed by atoms with Crippen LogP contribution in [0.25, 0.3) is 0 Å². The highest BCUT2D eigenvalue weighted by Gasteiger charge is 2.42. The first-order valence-corrected chi connectivity index (χ1v) is 10.2. The van der Waals surface area contributed by atoms with Gasteiger partial charge in [0.1, 0.15) is 5.75 Å². The molecule has 0 unspecified atom stereocenters. The summed E-state index contributed by atoms with van der Waals surface area (Å²) in [4.78, 5) is 31.1. The molecular weight excluding hydrogens is 370 g/mol. The van der Waals surface area contributed by atoms with Gasteiger partial charge in [0.2, 0.25) is 5.91 Å². The summed E-state index contributed by atoms with van der Waals surface area (Å²) in [6.45, 7) is 4.08. The lowest BCUT2D eigenvalue weighted by Crippen LogP contribution is -2.44. The Morgan fingerprint density at radius 3 is 2.28 bits per heavy atom. The van der Waals surface area contributed by atoms with Crippen molar-refractivity contribution in [2.24, 2.45) is 10.4 Å². The third-order valence-electron chi connectivity index (χ3n) is 5.14. The van der Waals surface area contributed by atoms with Crippen LogP contribution in [0.2, 0.25) is 0 Å². The molecule has 8 nitrogen and oxygen atoms in total. The van der Waals surface area contributed by atoms with E-state index in [0.29, 0.717) is 37.7 Å². The second kappa shape index (κ2) is 10.7. The van der Waals surface area contributed by atoms with E-state index in [2.05, 4.69) is 20.9 Å². The molecule has 1 aliphatic carbocycles. The molecule has 1 aromatic rings. The minimum atomic E-state index is -0.404. The number of aliphatic imine (C=N–C) groups is 1. The van der Waals surface area contributed by atoms with Crippen LogP contribution in [0.3, 0.4) is 0 Å². The third-order valence-corrected chi connectivity index (χ3v) is 5.14. The molecule has 2 amide bonds. The number of phenolic OH excluding ortho intramolecular Hbond substituents is 1. The minimum Gasteiger partial charge on any atom is -0.508 e. The van der Waals surface area contributed by atoms with E-state index in [1.165, 1.54) is 12.1 Å². The van der Waals surface area contributed by atoms with Gasteiger partial charge in [-0.25, -0.2) is 0 Å². The lowest BCUT2D eigenvalue weighted by molar-refractivity contribution is -0.138. The number of benzene rings is 1. The Morgan fingerprint density at radius 2 is 1.69 bits per heavy atom. The fourth-order valence-corrected chi connectivity index (χ4v) is 3.61. The summed E-state index contributed by atoms with van der Waals surface area (Å²) in [7, 11) is 3.60. The number of phenols is 1. The van der Waals surface area contributed by atoms with Crippen LogP contribution in [0, 0.1) is 5.41 Å². The van der Waals surface area contributed by atoms with Gasteiger partial charge in [-0.15, -0.1) is 0 Å². The van der Waals surface area contributed by atoms with Gasteiger partial charge in [0.25, 0.3) is 5.91 Å². The average molecular weight is 404 g/mol. The number of rotatable bonds is 8. The van der Waals surface area contributed by atoms with Gasteiger partial charge < -0.3 is 26.0 Å². The van der Waals surface area contributed by atoms with Gasteiger partial charge in [-0.05, 0) is 44.0 Å². The minimum absolute atomic E-state index is 0.127. The lowest BCUT2D eigenvalue weighted by atomic mass is 9.85. The quantitative estimate of drug-likeness (QED) is 0.298. The lowest BCUT2D eigenvalue weighted by Gasteiger charge is -2.29. The van der Waals surface area contributed by atoms with Crippen molar-refractivity contribution in [2.45, 2.75) is 32.6 Å². The van der Waals surface area contributed by atoms with Crippen LogP contribution in [0.5, 0.6) is 5.75 Å². The number of hydrogen-bond donors (Lipinski definition) is 4. The van der Waals surface area contributed by atoms with E-state index in [0.717, 1.165) is 25.7 Å². The van der Waals surface area contributed by atoms with E-state index < -0.39 is 5.41 Å². The number of nitrogens with one attached hydrogen (secondary N) is 3. The Hall–Kier alpha value is -2.77. The van der Waals surface area contributed by atoms with Gasteiger partial charge in [-0.1, -0.05) is 12.8 Å². The average Bonchev–Trinajstić information content (AvgIpc) is 3.19. The fraction of sp³-hybridized carbons (Fsp3) is 0.571. The van der Waals surface area contributed by atoms with Gasteiger partial charge in [-0.3, -0.25) is 14.6 Å². The molecule has 8 heteroatoms. The largest absolute Gasteiger partial charge is 0.508 e. The Labute approximate surface area is 172 Å². The van der Waals surface area contributed by atoms with Crippen LogP contribution in [0.1, 0.15) is 43.0 Å². The van der Waals surface area contributed by atoms with Gasteiger partial charge >= 0.3 is 0 Å². The van der Waals surface area contributed by atoms with E-state index in [1.54, 1.807) is 31.1 Å². The molecule has 1 aromatic carbocycles. The van der Waals surface area contributed by atoms with Crippen molar-refractivity contribution >= 4 is 17.8 Å². The molecule has 0 radical (unpaired) electrons. The molecule has 0 saturated heterocycles. The highest BCUT2D eigenvalue weighted by Crippen LogP contribution is 2.39. The highest BCUT2D eigenvalue weighted by molar-refractivity contribution is 5.94. The number of hydrogen-bond acceptors (Lipinski definition) is 4. The molecule has 0 aromatic heterocycles. The molecule has 1 saturated carbocycles. The Kier molecular flexibility index (Phi) is 8.30. The zero-order chi connectivity index (χ0) is 21.3. The standard InChI is InChI=1S/C21H33N5O3/c1-4-22-20(25-15-21(11-5-6-12-21)19(29)26(2)3)24-14-13-23-18(28)16-7-9-17(27)10-8-16/h7-10,27H,4-6,11-15H2,1-3H3,(H,23,28)(H2,22,24,25). The molecule has 1 aliphatic rings. The van der Waals surface area contributed by atoms with E-state index in [9.17, 15) is 14.7 Å². The molecule has 1 fully saturated rings. The van der Waals surface area contributed by atoms with E-state index in [-0.39, 0.29) is 17.6 Å². The second-order valence-electron chi connectivity index (χ2n) is 7.61. The first-order valence-electron chi connectivity index (χ1n) is 10.2. The zero-order valence-corrected chi connectivity index (χ0v) is 17.6. The van der Waals surface area contributed by atoms with E-state index >= 15 is 0 Å². The first-order chi connectivity index (χ1) is 13.9. The molecule has 4 N–H and O–H groups in total. The van der Waals surface area contributed by atoms with Crippen LogP contribution in [0.4, 0.5) is 0 Å². The van der Waals surface area contributed by atoms with Gasteiger partial charge in [0.15, 0.2) is 5.96 Å². The number of aromatic hydroxyl groups is 1. The number of carbonyl (C=O) groups excluding carboxylic acids is 2. The smallest absolute Gasteiger partial charge is 0.251 e. The second-order valence-corrected chi connectivity index (χ2v) is 7.61. The fourth-order valence-electron chi connectivity index (χ4n) is 3.61. The predicted octanol–water partition coefficient (Wildman–Crippen LogP) is 1.33. The van der Waals surface area contributed by atoms with Gasteiger partial charge in [0.05, 0.1) is 12.0 Å². The Morgan fingerprint density at radius 1 is 1.07 bits per heavy atom. The number of nitrogens with zero attached hydrogens (tertiary/aromatic N) is 2. The Bertz CT molecular complexity index is 710. The summed E-state index contributed by atoms with van der Waals surface area (Å²) in [6, 6.07) is 6.12. The number of carbonyl (C=O) groups is 2. The molecular formula is C21H33N5O3. The van der Waals surface area contributed by atoms with Crippen LogP contribution in [0.15, 0.2) is 29.3 Å². The van der Waals surface area contributed by atoms with E-state index in [1.807, 2.05) is 6.92 Å². The zero-order valence-electron chi connectivity index (χ0n) is 17.6. The maximum atomic E-state index is 12.7. The summed E-state index contributed by atoms with van der Waals surface area (Å²) >= 11 is 0. The summed E-state index contributed by atoms with van der Waals surface area (Å²) in [5.74, 6) is 0.720. The van der Waals surface area contributed by atoms with Crippen molar-refractivity contribution in [2.75, 3.05) is 40.3 Å². The van der Waals surface area contributed by atoms with Gasteiger partial charge in [0, 0.05) is 39.3 Å². The Balaban J connectivity index is 1.87. The highest BCUT2D eigenvalue weighted by atomic mass is 16.3. The molecule has 0 atom stereocenters. The van der Waals surface area contributed by atoms with Crippen LogP contribution < -0.4 is 16.0 Å². The van der Waals surface area contributed by atoms with Crippen LogP contribution >= 0.6 is 0 Å². The van der Waals surface area contributed by atoms with Crippen LogP contribution in [-0.2, 0) is 4.79 Å². The number of amides is 2. The van der Waals surface area contributed by atoms with Crippen molar-refractivity contribution in [1.29, 1.82) is 0 Å². The third kappa shape index (κ3) is 6.37. The molecule has 29 heavy (non-hydrogen) atoms. The van der Waals surface area contributed by atoms with Gasteiger partial charge in [-0.2, -0.15) is 0 Å². The normalized spacial score (nSPS) is 15.6. The monoisotopic (exact) mass is 403 g/mol. The summed E-state index contributed by atoms with van der Waals surface area (Å²) in [5.41, 5.74) is 0.0904. The molecule has 0 bridgehead atoms. The van der Waals surface area contributed by atoms with Crippen molar-refractivity contribution in [1.82, 2.24) is 20.9 Å². The topological polar surface area (TPSA) is 106 Å². The summed E-state index contributed by atoms with van der Waals surface area (Å²) in [6.07, 6.45) is 3.86. The SMILES string of the molecule is CCNC(=NCC1(C(=O)N(C)C)CCCC1)NCCNC(=O)c1ccc(O)cc1. The van der Waals surface area contributed by atoms with Crippen molar-refractivity contribution in [3.05, 3.63) is 29.8 Å². The van der Waals surface area contributed by atoms with Crippen molar-refractivity contribution in [3.63, 3.8) is 0 Å². The molecule has 0 aliphatic heterocycles. The molecule has 160 valence electrons. The first kappa shape index (κ1) is 22.5. The molecule has 2 rings (SSSR count). The molecule has 0 spiro atoms. The van der Waals surface area contributed by atoms with Crippen molar-refractivity contribution < 1.29 is 14.7 Å². The molecule has 0 heterocycles. The van der Waals surface area contributed by atoms with Crippen LogP contribution in [-0.4, -0.2) is 68.1 Å².